The van der Waals surface area contributed by atoms with E-state index in [0.717, 1.165) is 16.6 Å². The van der Waals surface area contributed by atoms with Gasteiger partial charge in [-0.25, -0.2) is 0 Å². The van der Waals surface area contributed by atoms with E-state index in [-0.39, 0.29) is 0 Å². The molecule has 2 rings (SSSR count). The first kappa shape index (κ1) is 9.85. The summed E-state index contributed by atoms with van der Waals surface area (Å²) in [7, 11) is 3.57. The van der Waals surface area contributed by atoms with Crippen LogP contribution < -0.4 is 9.64 Å². The maximum atomic E-state index is 5.08. The molecule has 1 aromatic heterocycles. The van der Waals surface area contributed by atoms with Gasteiger partial charge in [-0.15, -0.1) is 0 Å². The van der Waals surface area contributed by atoms with Crippen LogP contribution >= 0.6 is 11.5 Å². The van der Waals surface area contributed by atoms with E-state index in [1.54, 1.807) is 7.11 Å². The van der Waals surface area contributed by atoms with Crippen molar-refractivity contribution in [2.24, 2.45) is 0 Å². The second kappa shape index (κ2) is 4.22. The van der Waals surface area contributed by atoms with Crippen LogP contribution in [0, 0.1) is 0 Å². The standard InChI is InChI=1S/C9H10N4OS/c1-13(9-10-11-12-15-9)7-3-5-8(14-2)6-4-7/h3-6H,1-2H3. The first-order valence-electron chi connectivity index (χ1n) is 4.34. The van der Waals surface area contributed by atoms with Gasteiger partial charge in [0.05, 0.1) is 7.11 Å². The van der Waals surface area contributed by atoms with Gasteiger partial charge in [-0.2, -0.15) is 0 Å². The van der Waals surface area contributed by atoms with Crippen molar-refractivity contribution in [1.29, 1.82) is 0 Å². The summed E-state index contributed by atoms with van der Waals surface area (Å²) < 4.78 is 8.80. The van der Waals surface area contributed by atoms with E-state index in [4.69, 9.17) is 4.74 Å². The van der Waals surface area contributed by atoms with Crippen LogP contribution in [-0.4, -0.2) is 29.0 Å². The van der Waals surface area contributed by atoms with E-state index in [9.17, 15) is 0 Å². The molecule has 0 saturated carbocycles. The fourth-order valence-corrected chi connectivity index (χ4v) is 1.62. The van der Waals surface area contributed by atoms with Crippen molar-refractivity contribution in [3.05, 3.63) is 24.3 Å². The molecule has 0 bridgehead atoms. The highest BCUT2D eigenvalue weighted by atomic mass is 32.1. The van der Waals surface area contributed by atoms with Crippen LogP contribution in [0.4, 0.5) is 10.8 Å². The lowest BCUT2D eigenvalue weighted by Gasteiger charge is -2.14. The van der Waals surface area contributed by atoms with Crippen LogP contribution in [0.15, 0.2) is 24.3 Å². The van der Waals surface area contributed by atoms with Crippen molar-refractivity contribution in [1.82, 2.24) is 14.8 Å². The Morgan fingerprint density at radius 1 is 1.27 bits per heavy atom. The quantitative estimate of drug-likeness (QED) is 0.791. The normalized spacial score (nSPS) is 10.0. The van der Waals surface area contributed by atoms with Gasteiger partial charge in [0.1, 0.15) is 5.75 Å². The lowest BCUT2D eigenvalue weighted by Crippen LogP contribution is -2.08. The van der Waals surface area contributed by atoms with Crippen LogP contribution in [0.3, 0.4) is 0 Å². The van der Waals surface area contributed by atoms with E-state index in [2.05, 4.69) is 14.8 Å². The molecule has 0 saturated heterocycles. The molecule has 0 atom stereocenters. The summed E-state index contributed by atoms with van der Waals surface area (Å²) >= 11 is 1.26. The minimum atomic E-state index is 0.764. The summed E-state index contributed by atoms with van der Waals surface area (Å²) in [5, 5.41) is 8.21. The fraction of sp³-hybridized carbons (Fsp3) is 0.222. The summed E-state index contributed by atoms with van der Waals surface area (Å²) in [5.74, 6) is 0.836. The molecular formula is C9H10N4OS. The number of hydrogen-bond donors (Lipinski definition) is 0. The Bertz CT molecular complexity index is 414. The van der Waals surface area contributed by atoms with Gasteiger partial charge < -0.3 is 9.64 Å². The van der Waals surface area contributed by atoms with Gasteiger partial charge in [0.15, 0.2) is 0 Å². The molecular weight excluding hydrogens is 212 g/mol. The van der Waals surface area contributed by atoms with Crippen molar-refractivity contribution in [3.63, 3.8) is 0 Å². The van der Waals surface area contributed by atoms with Crippen molar-refractivity contribution < 1.29 is 4.74 Å². The third-order valence-corrected chi connectivity index (χ3v) is 2.71. The highest BCUT2D eigenvalue weighted by Gasteiger charge is 2.07. The van der Waals surface area contributed by atoms with Gasteiger partial charge in [0.25, 0.3) is 0 Å². The molecule has 78 valence electrons. The summed E-state index contributed by atoms with van der Waals surface area (Å²) in [4.78, 5) is 1.92. The average molecular weight is 222 g/mol. The molecule has 0 fully saturated rings. The molecule has 0 spiro atoms. The number of ether oxygens (including phenoxy) is 1. The lowest BCUT2D eigenvalue weighted by molar-refractivity contribution is 0.415. The molecule has 0 N–H and O–H groups in total. The highest BCUT2D eigenvalue weighted by molar-refractivity contribution is 7.09. The minimum Gasteiger partial charge on any atom is -0.497 e. The Balaban J connectivity index is 2.22. The maximum absolute atomic E-state index is 5.08. The van der Waals surface area contributed by atoms with E-state index in [1.165, 1.54) is 11.5 Å². The zero-order valence-electron chi connectivity index (χ0n) is 8.41. The second-order valence-electron chi connectivity index (χ2n) is 2.90. The van der Waals surface area contributed by atoms with E-state index < -0.39 is 0 Å². The molecule has 5 nitrogen and oxygen atoms in total. The van der Waals surface area contributed by atoms with Crippen molar-refractivity contribution in [2.75, 3.05) is 19.1 Å². The number of nitrogens with zero attached hydrogens (tertiary/aromatic N) is 4. The van der Waals surface area contributed by atoms with Crippen LogP contribution in [0.25, 0.3) is 0 Å². The number of rotatable bonds is 3. The third-order valence-electron chi connectivity index (χ3n) is 2.04. The van der Waals surface area contributed by atoms with Gasteiger partial charge >= 0.3 is 0 Å². The van der Waals surface area contributed by atoms with Crippen LogP contribution in [0.1, 0.15) is 0 Å². The third kappa shape index (κ3) is 2.04. The van der Waals surface area contributed by atoms with Crippen molar-refractivity contribution in [3.8, 4) is 5.75 Å². The van der Waals surface area contributed by atoms with Crippen molar-refractivity contribution >= 4 is 22.4 Å². The smallest absolute Gasteiger partial charge is 0.232 e. The summed E-state index contributed by atoms with van der Waals surface area (Å²) in [5.41, 5.74) is 1.02. The molecule has 0 aliphatic carbocycles. The van der Waals surface area contributed by atoms with Gasteiger partial charge in [-0.3, -0.25) is 0 Å². The highest BCUT2D eigenvalue weighted by Crippen LogP contribution is 2.24. The molecule has 0 aliphatic heterocycles. The summed E-state index contributed by atoms with van der Waals surface area (Å²) in [6.45, 7) is 0. The number of hydrogen-bond acceptors (Lipinski definition) is 6. The van der Waals surface area contributed by atoms with E-state index in [0.29, 0.717) is 0 Å². The Hall–Kier alpha value is -1.69. The van der Waals surface area contributed by atoms with E-state index >= 15 is 0 Å². The number of methoxy groups -OCH3 is 1. The predicted molar refractivity (Wildman–Crippen MR) is 58.8 cm³/mol. The molecule has 0 radical (unpaired) electrons. The maximum Gasteiger partial charge on any atom is 0.232 e. The zero-order chi connectivity index (χ0) is 10.7. The Kier molecular flexibility index (Phi) is 2.77. The largest absolute Gasteiger partial charge is 0.497 e. The van der Waals surface area contributed by atoms with Gasteiger partial charge in [-0.05, 0) is 29.5 Å². The first-order chi connectivity index (χ1) is 7.31. The van der Waals surface area contributed by atoms with Crippen LogP contribution in [0.5, 0.6) is 5.75 Å². The number of benzene rings is 1. The molecule has 0 unspecified atom stereocenters. The second-order valence-corrected chi connectivity index (χ2v) is 3.61. The molecule has 0 amide bonds. The molecule has 2 aromatic rings. The first-order valence-corrected chi connectivity index (χ1v) is 5.11. The van der Waals surface area contributed by atoms with Gasteiger partial charge in [0.2, 0.25) is 5.13 Å². The van der Waals surface area contributed by atoms with Gasteiger partial charge in [-0.1, -0.05) is 9.59 Å². The Morgan fingerprint density at radius 3 is 2.53 bits per heavy atom. The summed E-state index contributed by atoms with van der Waals surface area (Å²) in [6, 6.07) is 7.72. The fourth-order valence-electron chi connectivity index (χ4n) is 1.17. The zero-order valence-corrected chi connectivity index (χ0v) is 9.23. The van der Waals surface area contributed by atoms with Crippen LogP contribution in [0.2, 0.25) is 0 Å². The topological polar surface area (TPSA) is 51.1 Å². The summed E-state index contributed by atoms with van der Waals surface area (Å²) in [6.07, 6.45) is 0. The molecule has 1 heterocycles. The average Bonchev–Trinajstić information content (AvgIpc) is 2.82. The van der Waals surface area contributed by atoms with Crippen molar-refractivity contribution in [2.45, 2.75) is 0 Å². The Labute approximate surface area is 91.5 Å². The molecule has 15 heavy (non-hydrogen) atoms. The Morgan fingerprint density at radius 2 is 2.00 bits per heavy atom. The monoisotopic (exact) mass is 222 g/mol. The van der Waals surface area contributed by atoms with E-state index in [1.807, 2.05) is 36.2 Å². The van der Waals surface area contributed by atoms with Crippen LogP contribution in [-0.2, 0) is 0 Å². The SMILES string of the molecule is COc1ccc(N(C)c2nnns2)cc1. The predicted octanol–water partition coefficient (Wildman–Crippen LogP) is 1.71. The molecule has 0 aliphatic rings. The number of anilines is 2. The molecule has 1 aromatic carbocycles. The number of aromatic nitrogens is 3. The molecule has 6 heteroatoms. The lowest BCUT2D eigenvalue weighted by atomic mass is 10.3. The minimum absolute atomic E-state index is 0.764. The van der Waals surface area contributed by atoms with Gasteiger partial charge in [0, 0.05) is 24.3 Å².